The van der Waals surface area contributed by atoms with Gasteiger partial charge in [-0.3, -0.25) is 9.59 Å². The van der Waals surface area contributed by atoms with Crippen molar-refractivity contribution < 1.29 is 22.7 Å². The van der Waals surface area contributed by atoms with Crippen LogP contribution in [0.5, 0.6) is 0 Å². The average molecular weight is 357 g/mol. The van der Waals surface area contributed by atoms with Gasteiger partial charge in [-0.05, 0) is 37.1 Å². The van der Waals surface area contributed by atoms with Gasteiger partial charge in [0.05, 0.1) is 4.90 Å². The van der Waals surface area contributed by atoms with E-state index in [-0.39, 0.29) is 4.90 Å². The summed E-state index contributed by atoms with van der Waals surface area (Å²) in [7, 11) is -3.79. The van der Waals surface area contributed by atoms with Gasteiger partial charge in [-0.1, -0.05) is 13.3 Å². The largest absolute Gasteiger partial charge is 0.381 e. The van der Waals surface area contributed by atoms with E-state index in [2.05, 4.69) is 17.6 Å². The fourth-order valence-corrected chi connectivity index (χ4v) is 2.24. The predicted octanol–water partition coefficient (Wildman–Crippen LogP) is 0.596. The van der Waals surface area contributed by atoms with Crippen LogP contribution < -0.4 is 15.8 Å². The number of unbranched alkanes of at least 4 members (excludes halogenated alkanes) is 1. The van der Waals surface area contributed by atoms with Crippen LogP contribution in [0.4, 0.5) is 5.69 Å². The highest BCUT2D eigenvalue weighted by Crippen LogP contribution is 2.12. The molecule has 0 aliphatic heterocycles. The molecule has 0 heterocycles. The molecule has 0 unspecified atom stereocenters. The molecular formula is C15H23N3O5S. The number of carbonyl (C=O) groups is 2. The molecule has 1 aromatic carbocycles. The highest BCUT2D eigenvalue weighted by atomic mass is 32.2. The number of nitrogens with two attached hydrogens (primary N) is 1. The summed E-state index contributed by atoms with van der Waals surface area (Å²) in [6.45, 7) is 3.63. The molecule has 0 aromatic heterocycles. The Kier molecular flexibility index (Phi) is 8.37. The first kappa shape index (κ1) is 20.1. The van der Waals surface area contributed by atoms with Crippen LogP contribution in [0.25, 0.3) is 0 Å². The smallest absolute Gasteiger partial charge is 0.313 e. The van der Waals surface area contributed by atoms with Gasteiger partial charge in [-0.2, -0.15) is 0 Å². The summed E-state index contributed by atoms with van der Waals surface area (Å²) in [5.41, 5.74) is 0.297. The molecule has 0 atom stereocenters. The minimum absolute atomic E-state index is 0.0759. The van der Waals surface area contributed by atoms with Gasteiger partial charge >= 0.3 is 11.8 Å². The molecular weight excluding hydrogens is 334 g/mol. The van der Waals surface area contributed by atoms with Crippen LogP contribution >= 0.6 is 0 Å². The van der Waals surface area contributed by atoms with E-state index >= 15 is 0 Å². The summed E-state index contributed by atoms with van der Waals surface area (Å²) in [5.74, 6) is -1.59. The Morgan fingerprint density at radius 3 is 2.29 bits per heavy atom. The first-order chi connectivity index (χ1) is 11.3. The maximum atomic E-state index is 11.7. The summed E-state index contributed by atoms with van der Waals surface area (Å²) in [5, 5.41) is 9.83. The number of hydrogen-bond acceptors (Lipinski definition) is 5. The molecule has 2 amide bonds. The molecule has 134 valence electrons. The number of primary sulfonamides is 1. The zero-order valence-corrected chi connectivity index (χ0v) is 14.4. The molecule has 0 aliphatic rings. The fraction of sp³-hybridized carbons (Fsp3) is 0.467. The first-order valence-electron chi connectivity index (χ1n) is 7.64. The number of nitrogens with one attached hydrogen (secondary N) is 2. The van der Waals surface area contributed by atoms with Crippen molar-refractivity contribution in [2.45, 2.75) is 31.1 Å². The number of ether oxygens (including phenoxy) is 1. The van der Waals surface area contributed by atoms with E-state index in [0.29, 0.717) is 31.9 Å². The van der Waals surface area contributed by atoms with E-state index in [4.69, 9.17) is 9.88 Å². The third-order valence-corrected chi connectivity index (χ3v) is 3.97. The third kappa shape index (κ3) is 7.53. The lowest BCUT2D eigenvalue weighted by Crippen LogP contribution is -2.36. The van der Waals surface area contributed by atoms with E-state index in [9.17, 15) is 18.0 Å². The monoisotopic (exact) mass is 357 g/mol. The number of rotatable bonds is 9. The molecule has 0 fully saturated rings. The predicted molar refractivity (Wildman–Crippen MR) is 89.8 cm³/mol. The Morgan fingerprint density at radius 2 is 1.71 bits per heavy atom. The van der Waals surface area contributed by atoms with Crippen molar-refractivity contribution in [3.05, 3.63) is 24.3 Å². The number of carbonyl (C=O) groups excluding carboxylic acids is 2. The normalized spacial score (nSPS) is 11.1. The van der Waals surface area contributed by atoms with Crippen LogP contribution in [0.2, 0.25) is 0 Å². The number of anilines is 1. The highest BCUT2D eigenvalue weighted by molar-refractivity contribution is 7.89. The number of sulfonamides is 1. The zero-order valence-electron chi connectivity index (χ0n) is 13.6. The van der Waals surface area contributed by atoms with Crippen LogP contribution in [0, 0.1) is 0 Å². The van der Waals surface area contributed by atoms with Gasteiger partial charge in [0.25, 0.3) is 0 Å². The fourth-order valence-electron chi connectivity index (χ4n) is 1.72. The number of benzene rings is 1. The van der Waals surface area contributed by atoms with Crippen molar-refractivity contribution >= 4 is 27.5 Å². The highest BCUT2D eigenvalue weighted by Gasteiger charge is 2.13. The van der Waals surface area contributed by atoms with E-state index in [1.807, 2.05) is 0 Å². The van der Waals surface area contributed by atoms with Crippen molar-refractivity contribution in [3.63, 3.8) is 0 Å². The summed E-state index contributed by atoms with van der Waals surface area (Å²) in [4.78, 5) is 23.3. The van der Waals surface area contributed by atoms with E-state index in [1.165, 1.54) is 24.3 Å². The lowest BCUT2D eigenvalue weighted by Gasteiger charge is -2.07. The summed E-state index contributed by atoms with van der Waals surface area (Å²) >= 11 is 0. The number of hydrogen-bond donors (Lipinski definition) is 3. The Morgan fingerprint density at radius 1 is 1.08 bits per heavy atom. The van der Waals surface area contributed by atoms with Crippen molar-refractivity contribution in [2.75, 3.05) is 25.1 Å². The first-order valence-corrected chi connectivity index (χ1v) is 9.19. The molecule has 1 rings (SSSR count). The van der Waals surface area contributed by atoms with Gasteiger partial charge in [-0.25, -0.2) is 13.6 Å². The van der Waals surface area contributed by atoms with Gasteiger partial charge in [0.15, 0.2) is 0 Å². The summed E-state index contributed by atoms with van der Waals surface area (Å²) in [6, 6.07) is 5.20. The van der Waals surface area contributed by atoms with Crippen LogP contribution in [0.1, 0.15) is 26.2 Å². The van der Waals surface area contributed by atoms with Gasteiger partial charge in [-0.15, -0.1) is 0 Å². The maximum absolute atomic E-state index is 11.7. The second kappa shape index (κ2) is 10.0. The van der Waals surface area contributed by atoms with E-state index < -0.39 is 21.8 Å². The second-order valence-corrected chi connectivity index (χ2v) is 6.66. The molecule has 24 heavy (non-hydrogen) atoms. The van der Waals surface area contributed by atoms with Gasteiger partial charge < -0.3 is 15.4 Å². The zero-order chi connectivity index (χ0) is 18.0. The molecule has 9 heteroatoms. The molecule has 1 aromatic rings. The Balaban J connectivity index is 2.32. The van der Waals surface area contributed by atoms with Gasteiger partial charge in [0.2, 0.25) is 10.0 Å². The quantitative estimate of drug-likeness (QED) is 0.440. The molecule has 8 nitrogen and oxygen atoms in total. The molecule has 0 spiro atoms. The van der Waals surface area contributed by atoms with Crippen LogP contribution in [-0.4, -0.2) is 40.0 Å². The topological polar surface area (TPSA) is 128 Å². The molecule has 0 radical (unpaired) electrons. The van der Waals surface area contributed by atoms with Crippen LogP contribution in [0.3, 0.4) is 0 Å². The third-order valence-electron chi connectivity index (χ3n) is 3.04. The molecule has 0 saturated heterocycles. The van der Waals surface area contributed by atoms with Crippen molar-refractivity contribution in [3.8, 4) is 0 Å². The lowest BCUT2D eigenvalue weighted by molar-refractivity contribution is -0.136. The minimum atomic E-state index is -3.79. The SMILES string of the molecule is CCCCOCCCNC(=O)C(=O)Nc1ccc(S(N)(=O)=O)cc1. The average Bonchev–Trinajstić information content (AvgIpc) is 2.53. The summed E-state index contributed by atoms with van der Waals surface area (Å²) in [6.07, 6.45) is 2.68. The molecule has 4 N–H and O–H groups in total. The molecule has 0 bridgehead atoms. The standard InChI is InChI=1S/C15H23N3O5S/c1-2-3-10-23-11-4-9-17-14(19)15(20)18-12-5-7-13(8-6-12)24(16,21)22/h5-8H,2-4,9-11H2,1H3,(H,17,19)(H,18,20)(H2,16,21,22). The lowest BCUT2D eigenvalue weighted by atomic mass is 10.3. The Bertz CT molecular complexity index is 644. The van der Waals surface area contributed by atoms with Crippen molar-refractivity contribution in [1.82, 2.24) is 5.32 Å². The van der Waals surface area contributed by atoms with Crippen LogP contribution in [-0.2, 0) is 24.3 Å². The maximum Gasteiger partial charge on any atom is 0.313 e. The summed E-state index contributed by atoms with van der Waals surface area (Å²) < 4.78 is 27.6. The minimum Gasteiger partial charge on any atom is -0.381 e. The second-order valence-electron chi connectivity index (χ2n) is 5.10. The Hall–Kier alpha value is -1.97. The van der Waals surface area contributed by atoms with Gasteiger partial charge in [0, 0.05) is 25.4 Å². The number of amides is 2. The van der Waals surface area contributed by atoms with E-state index in [0.717, 1.165) is 12.8 Å². The van der Waals surface area contributed by atoms with Gasteiger partial charge in [0.1, 0.15) is 0 Å². The Labute approximate surface area is 141 Å². The molecule has 0 aliphatic carbocycles. The molecule has 0 saturated carbocycles. The van der Waals surface area contributed by atoms with Crippen LogP contribution in [0.15, 0.2) is 29.2 Å². The van der Waals surface area contributed by atoms with Crippen molar-refractivity contribution in [2.24, 2.45) is 5.14 Å². The van der Waals surface area contributed by atoms with E-state index in [1.54, 1.807) is 0 Å². The van der Waals surface area contributed by atoms with Crippen molar-refractivity contribution in [1.29, 1.82) is 0 Å².